The predicted molar refractivity (Wildman–Crippen MR) is 180 cm³/mol. The van der Waals surface area contributed by atoms with E-state index in [9.17, 15) is 24.7 Å². The molecule has 0 aromatic carbocycles. The number of esters is 1. The van der Waals surface area contributed by atoms with E-state index in [-0.39, 0.29) is 30.9 Å². The number of anilines is 2. The molecule has 2 saturated heterocycles. The van der Waals surface area contributed by atoms with Gasteiger partial charge in [0.1, 0.15) is 24.3 Å². The van der Waals surface area contributed by atoms with E-state index in [1.807, 2.05) is 20.6 Å². The monoisotopic (exact) mass is 674 g/mol. The Morgan fingerprint density at radius 1 is 0.776 bits per heavy atom. The van der Waals surface area contributed by atoms with Gasteiger partial charge in [-0.2, -0.15) is 9.97 Å². The minimum absolute atomic E-state index is 0.0202. The quantitative estimate of drug-likeness (QED) is 0.144. The molecule has 0 spiro atoms. The Morgan fingerprint density at radius 2 is 1.24 bits per heavy atom. The van der Waals surface area contributed by atoms with Crippen molar-refractivity contribution in [3.8, 4) is 11.9 Å². The van der Waals surface area contributed by atoms with Crippen LogP contribution >= 0.6 is 0 Å². The molecule has 258 valence electrons. The summed E-state index contributed by atoms with van der Waals surface area (Å²) >= 11 is 0. The maximum atomic E-state index is 11.8. The van der Waals surface area contributed by atoms with Crippen molar-refractivity contribution in [3.05, 3.63) is 62.0 Å². The highest BCUT2D eigenvalue weighted by atomic mass is 16.5. The molecule has 6 heterocycles. The van der Waals surface area contributed by atoms with Crippen molar-refractivity contribution in [3.63, 3.8) is 0 Å². The molecule has 4 aromatic heterocycles. The number of carboxylic acid groups (broad SMARTS) is 1. The fourth-order valence-electron chi connectivity index (χ4n) is 5.87. The topological polar surface area (TPSA) is 204 Å². The van der Waals surface area contributed by atoms with Gasteiger partial charge in [-0.05, 0) is 25.8 Å². The Bertz CT molecular complexity index is 1650. The molecule has 2 unspecified atom stereocenters. The van der Waals surface area contributed by atoms with Crippen LogP contribution in [0.3, 0.4) is 0 Å². The minimum atomic E-state index is -0.874. The number of hydrogen-bond acceptors (Lipinski definition) is 15. The summed E-state index contributed by atoms with van der Waals surface area (Å²) in [5, 5.41) is 28.9. The van der Waals surface area contributed by atoms with E-state index in [0.717, 1.165) is 5.82 Å². The predicted octanol–water partition coefficient (Wildman–Crippen LogP) is -0.436. The first kappa shape index (κ1) is 35.4. The number of aliphatic carboxylic acids is 1. The third-order valence-corrected chi connectivity index (χ3v) is 8.44. The van der Waals surface area contributed by atoms with Gasteiger partial charge in [-0.25, -0.2) is 19.9 Å². The van der Waals surface area contributed by atoms with Crippen LogP contribution in [0.4, 0.5) is 11.6 Å². The second-order valence-electron chi connectivity index (χ2n) is 11.7. The molecular weight excluding hydrogens is 634 g/mol. The highest BCUT2D eigenvalue weighted by molar-refractivity contribution is 6.45. The SMILES string of the molecule is CB(O)N1CCN(c2ccnc(-n3ccnc3)n2)C(CC(=O)O)C1.COC(=O)CC1CN(B(C)O)CCN1c1ccnc(-n2ccnc2)n1. The van der Waals surface area contributed by atoms with E-state index in [2.05, 4.69) is 34.8 Å². The first-order valence-electron chi connectivity index (χ1n) is 15.9. The zero-order chi connectivity index (χ0) is 34.9. The lowest BCUT2D eigenvalue weighted by molar-refractivity contribution is -0.141. The van der Waals surface area contributed by atoms with E-state index in [1.165, 1.54) is 7.11 Å². The molecular formula is C29H40B2N12O6. The number of piperazine rings is 2. The summed E-state index contributed by atoms with van der Waals surface area (Å²) in [5.74, 6) is 1.25. The van der Waals surface area contributed by atoms with Crippen LogP contribution in [0.2, 0.25) is 13.6 Å². The molecule has 0 amide bonds. The van der Waals surface area contributed by atoms with Crippen LogP contribution in [0.25, 0.3) is 11.9 Å². The van der Waals surface area contributed by atoms with Crippen molar-refractivity contribution < 1.29 is 29.5 Å². The van der Waals surface area contributed by atoms with Crippen molar-refractivity contribution in [2.24, 2.45) is 0 Å². The van der Waals surface area contributed by atoms with Gasteiger partial charge in [0.05, 0.1) is 32.0 Å². The molecule has 0 saturated carbocycles. The lowest BCUT2D eigenvalue weighted by Crippen LogP contribution is -2.57. The molecule has 4 aromatic rings. The van der Waals surface area contributed by atoms with E-state index >= 15 is 0 Å². The molecule has 20 heteroatoms. The number of carbonyl (C=O) groups excluding carboxylic acids is 1. The van der Waals surface area contributed by atoms with Gasteiger partial charge in [0.15, 0.2) is 0 Å². The lowest BCUT2D eigenvalue weighted by atomic mass is 9.83. The van der Waals surface area contributed by atoms with Gasteiger partial charge in [0, 0.05) is 76.4 Å². The first-order chi connectivity index (χ1) is 23.6. The van der Waals surface area contributed by atoms with Gasteiger partial charge in [0.25, 0.3) is 0 Å². The standard InChI is InChI=1S/C15H21BN6O3.C14H19BN6O3/c1-16(24)21-7-8-22(12(10-21)9-14(23)25-2)13-3-4-18-15(19-13)20-6-5-17-11-20;1-15(24)20-6-7-21(11(9-20)8-13(22)23)12-2-3-17-14(18-12)19-5-4-16-10-19/h3-6,11-12,24H,7-10H2,1-2H3;2-5,10-11,24H,6-9H2,1H3,(H,22,23). The highest BCUT2D eigenvalue weighted by Crippen LogP contribution is 2.23. The van der Waals surface area contributed by atoms with Crippen LogP contribution in [0.15, 0.2) is 62.0 Å². The van der Waals surface area contributed by atoms with Crippen molar-refractivity contribution in [1.82, 2.24) is 48.7 Å². The smallest absolute Gasteiger partial charge is 0.376 e. The highest BCUT2D eigenvalue weighted by Gasteiger charge is 2.34. The number of carboxylic acids is 1. The van der Waals surface area contributed by atoms with Crippen LogP contribution < -0.4 is 9.80 Å². The Labute approximate surface area is 284 Å². The lowest BCUT2D eigenvalue weighted by Gasteiger charge is -2.42. The molecule has 6 rings (SSSR count). The number of imidazole rings is 2. The molecule has 2 aliphatic heterocycles. The fourth-order valence-corrected chi connectivity index (χ4v) is 5.87. The normalized spacial score (nSPS) is 18.4. The molecule has 0 aliphatic carbocycles. The summed E-state index contributed by atoms with van der Waals surface area (Å²) in [6.07, 6.45) is 13.6. The summed E-state index contributed by atoms with van der Waals surface area (Å²) in [6.45, 7) is 6.99. The largest absolute Gasteiger partial charge is 0.481 e. The van der Waals surface area contributed by atoms with E-state index in [0.29, 0.717) is 57.0 Å². The van der Waals surface area contributed by atoms with Crippen LogP contribution in [-0.4, -0.2) is 148 Å². The molecule has 0 bridgehead atoms. The summed E-state index contributed by atoms with van der Waals surface area (Å²) in [4.78, 5) is 56.5. The van der Waals surface area contributed by atoms with Gasteiger partial charge in [-0.1, -0.05) is 0 Å². The van der Waals surface area contributed by atoms with Gasteiger partial charge in [-0.3, -0.25) is 18.7 Å². The number of aromatic nitrogens is 8. The van der Waals surface area contributed by atoms with Gasteiger partial charge >= 0.3 is 26.0 Å². The second-order valence-corrected chi connectivity index (χ2v) is 11.7. The number of nitrogens with zero attached hydrogens (tertiary/aromatic N) is 12. The number of ether oxygens (including phenoxy) is 1. The van der Waals surface area contributed by atoms with Crippen LogP contribution in [0.1, 0.15) is 12.8 Å². The molecule has 3 N–H and O–H groups in total. The number of rotatable bonds is 10. The fraction of sp³-hybridized carbons (Fsp3) is 0.448. The third-order valence-electron chi connectivity index (χ3n) is 8.44. The average molecular weight is 674 g/mol. The summed E-state index contributed by atoms with van der Waals surface area (Å²) in [6, 6.07) is 3.19. The number of hydrogen-bond donors (Lipinski definition) is 3. The minimum Gasteiger partial charge on any atom is -0.481 e. The van der Waals surface area contributed by atoms with Crippen molar-refractivity contribution in [2.45, 2.75) is 38.6 Å². The molecule has 2 fully saturated rings. The number of methoxy groups -OCH3 is 1. The summed E-state index contributed by atoms with van der Waals surface area (Å²) < 4.78 is 8.25. The van der Waals surface area contributed by atoms with E-state index in [4.69, 9.17) is 4.74 Å². The Balaban J connectivity index is 0.000000191. The molecule has 0 radical (unpaired) electrons. The van der Waals surface area contributed by atoms with E-state index < -0.39 is 20.1 Å². The first-order valence-corrected chi connectivity index (χ1v) is 15.9. The second kappa shape index (κ2) is 16.5. The Morgan fingerprint density at radius 3 is 1.63 bits per heavy atom. The maximum absolute atomic E-state index is 11.8. The van der Waals surface area contributed by atoms with E-state index in [1.54, 1.807) is 78.7 Å². The summed E-state index contributed by atoms with van der Waals surface area (Å²) in [7, 11) is 0.216. The van der Waals surface area contributed by atoms with Crippen LogP contribution in [-0.2, 0) is 14.3 Å². The van der Waals surface area contributed by atoms with Gasteiger partial charge in [-0.15, -0.1) is 0 Å². The molecule has 49 heavy (non-hydrogen) atoms. The zero-order valence-corrected chi connectivity index (χ0v) is 27.7. The van der Waals surface area contributed by atoms with Crippen molar-refractivity contribution >= 4 is 37.7 Å². The van der Waals surface area contributed by atoms with Crippen molar-refractivity contribution in [1.29, 1.82) is 0 Å². The summed E-state index contributed by atoms with van der Waals surface area (Å²) in [5.41, 5.74) is 0. The molecule has 2 aliphatic rings. The molecule has 2 atom stereocenters. The maximum Gasteiger partial charge on any atom is 0.376 e. The van der Waals surface area contributed by atoms with Crippen LogP contribution in [0.5, 0.6) is 0 Å². The zero-order valence-electron chi connectivity index (χ0n) is 27.7. The molecule has 18 nitrogen and oxygen atoms in total. The van der Waals surface area contributed by atoms with Gasteiger partial charge in [0.2, 0.25) is 11.9 Å². The Hall–Kier alpha value is -4.91. The number of carbonyl (C=O) groups is 2. The Kier molecular flexibility index (Phi) is 11.9. The average Bonchev–Trinajstić information content (AvgIpc) is 3.84. The third kappa shape index (κ3) is 9.17. The van der Waals surface area contributed by atoms with Gasteiger partial charge < -0.3 is 39.3 Å². The van der Waals surface area contributed by atoms with Crippen molar-refractivity contribution in [2.75, 3.05) is 56.2 Å². The van der Waals surface area contributed by atoms with Crippen LogP contribution in [0, 0.1) is 0 Å².